The first kappa shape index (κ1) is 18.8. The molecular weight excluding hydrogens is 384 g/mol. The van der Waals surface area contributed by atoms with E-state index < -0.39 is 17.8 Å². The molecule has 2 N–H and O–H groups in total. The average molecular weight is 398 g/mol. The summed E-state index contributed by atoms with van der Waals surface area (Å²) in [6, 6.07) is 13.1. The smallest absolute Gasteiger partial charge is 0.335 e. The van der Waals surface area contributed by atoms with Crippen molar-refractivity contribution in [3.8, 4) is 0 Å². The first-order valence-corrected chi connectivity index (χ1v) is 9.07. The molecule has 0 bridgehead atoms. The summed E-state index contributed by atoms with van der Waals surface area (Å²) in [6.45, 7) is 1.81. The molecule has 1 aliphatic heterocycles. The third-order valence-electron chi connectivity index (χ3n) is 3.85. The van der Waals surface area contributed by atoms with Crippen LogP contribution in [-0.2, 0) is 4.79 Å². The third kappa shape index (κ3) is 4.07. The molecule has 0 atom stereocenters. The number of amides is 2. The normalized spacial score (nSPS) is 15.3. The van der Waals surface area contributed by atoms with Crippen LogP contribution in [0.1, 0.15) is 31.8 Å². The maximum absolute atomic E-state index is 12.6. The Kier molecular flexibility index (Phi) is 5.38. The lowest BCUT2D eigenvalue weighted by atomic mass is 10.1. The SMILES string of the molecule is Cc1ccccc1C(=O)NN1C(=O)/C(=C/c2ccc(C(=O)O)cc2)SC1=S. The highest BCUT2D eigenvalue weighted by atomic mass is 32.2. The van der Waals surface area contributed by atoms with E-state index in [4.69, 9.17) is 17.3 Å². The standard InChI is InChI=1S/C19H14N2O4S2/c1-11-4-2-3-5-14(11)16(22)20-21-17(23)15(27-19(21)26)10-12-6-8-13(9-7-12)18(24)25/h2-10H,1H3,(H,20,22)(H,24,25)/b15-10-. The summed E-state index contributed by atoms with van der Waals surface area (Å²) >= 11 is 6.27. The van der Waals surface area contributed by atoms with Crippen molar-refractivity contribution in [2.45, 2.75) is 6.92 Å². The second-order valence-corrected chi connectivity index (χ2v) is 7.38. The van der Waals surface area contributed by atoms with Crippen LogP contribution in [0, 0.1) is 6.92 Å². The van der Waals surface area contributed by atoms with Crippen molar-refractivity contribution in [1.82, 2.24) is 10.4 Å². The molecule has 136 valence electrons. The molecule has 0 unspecified atom stereocenters. The molecule has 0 saturated carbocycles. The van der Waals surface area contributed by atoms with Crippen LogP contribution >= 0.6 is 24.0 Å². The minimum atomic E-state index is -1.02. The Balaban J connectivity index is 1.77. The van der Waals surface area contributed by atoms with Crippen LogP contribution in [0.3, 0.4) is 0 Å². The summed E-state index contributed by atoms with van der Waals surface area (Å²) in [5.74, 6) is -1.88. The number of hydrazine groups is 1. The monoisotopic (exact) mass is 398 g/mol. The molecule has 6 nitrogen and oxygen atoms in total. The van der Waals surface area contributed by atoms with Crippen molar-refractivity contribution in [2.24, 2.45) is 0 Å². The van der Waals surface area contributed by atoms with Crippen LogP contribution in [-0.4, -0.2) is 32.2 Å². The van der Waals surface area contributed by atoms with Gasteiger partial charge in [-0.15, -0.1) is 0 Å². The number of benzene rings is 2. The summed E-state index contributed by atoms with van der Waals surface area (Å²) in [4.78, 5) is 36.3. The number of hydrogen-bond acceptors (Lipinski definition) is 5. The molecule has 0 aromatic heterocycles. The maximum atomic E-state index is 12.6. The number of aromatic carboxylic acids is 1. The zero-order chi connectivity index (χ0) is 19.6. The molecule has 8 heteroatoms. The Hall–Kier alpha value is -2.97. The number of thiocarbonyl (C=S) groups is 1. The van der Waals surface area contributed by atoms with Gasteiger partial charge in [0.05, 0.1) is 10.5 Å². The molecular formula is C19H14N2O4S2. The fourth-order valence-corrected chi connectivity index (χ4v) is 3.61. The molecule has 1 fully saturated rings. The topological polar surface area (TPSA) is 86.7 Å². The zero-order valence-electron chi connectivity index (χ0n) is 14.1. The van der Waals surface area contributed by atoms with Gasteiger partial charge in [-0.25, -0.2) is 4.79 Å². The second-order valence-electron chi connectivity index (χ2n) is 5.70. The van der Waals surface area contributed by atoms with Gasteiger partial charge in [-0.3, -0.25) is 15.0 Å². The van der Waals surface area contributed by atoms with E-state index in [0.29, 0.717) is 16.0 Å². The van der Waals surface area contributed by atoms with Gasteiger partial charge in [0.25, 0.3) is 11.8 Å². The summed E-state index contributed by atoms with van der Waals surface area (Å²) < 4.78 is 0.218. The number of hydrogen-bond donors (Lipinski definition) is 2. The Morgan fingerprint density at radius 3 is 2.44 bits per heavy atom. The predicted octanol–water partition coefficient (Wildman–Crippen LogP) is 3.24. The molecule has 2 aromatic carbocycles. The van der Waals surface area contributed by atoms with Gasteiger partial charge >= 0.3 is 5.97 Å². The predicted molar refractivity (Wildman–Crippen MR) is 107 cm³/mol. The molecule has 1 heterocycles. The van der Waals surface area contributed by atoms with Gasteiger partial charge < -0.3 is 5.11 Å². The maximum Gasteiger partial charge on any atom is 0.335 e. The summed E-state index contributed by atoms with van der Waals surface area (Å²) in [5, 5.41) is 9.98. The zero-order valence-corrected chi connectivity index (χ0v) is 15.8. The quantitative estimate of drug-likeness (QED) is 0.607. The highest BCUT2D eigenvalue weighted by Gasteiger charge is 2.33. The second kappa shape index (κ2) is 7.73. The van der Waals surface area contributed by atoms with E-state index in [1.54, 1.807) is 43.3 Å². The lowest BCUT2D eigenvalue weighted by Crippen LogP contribution is -2.45. The van der Waals surface area contributed by atoms with Gasteiger partial charge in [0.2, 0.25) is 0 Å². The number of thioether (sulfide) groups is 1. The first-order chi connectivity index (χ1) is 12.9. The van der Waals surface area contributed by atoms with Crippen molar-refractivity contribution < 1.29 is 19.5 Å². The van der Waals surface area contributed by atoms with Crippen molar-refractivity contribution in [3.63, 3.8) is 0 Å². The number of carboxylic acids is 1. The Morgan fingerprint density at radius 2 is 1.81 bits per heavy atom. The first-order valence-electron chi connectivity index (χ1n) is 7.85. The fraction of sp³-hybridized carbons (Fsp3) is 0.0526. The summed E-state index contributed by atoms with van der Waals surface area (Å²) in [5.41, 5.74) is 4.60. The number of rotatable bonds is 4. The van der Waals surface area contributed by atoms with E-state index in [2.05, 4.69) is 5.43 Å². The average Bonchev–Trinajstić information content (AvgIpc) is 2.90. The van der Waals surface area contributed by atoms with Crippen LogP contribution in [0.4, 0.5) is 0 Å². The van der Waals surface area contributed by atoms with Crippen LogP contribution in [0.2, 0.25) is 0 Å². The minimum absolute atomic E-state index is 0.158. The van der Waals surface area contributed by atoms with Gasteiger partial charge in [0.1, 0.15) is 0 Å². The van der Waals surface area contributed by atoms with E-state index in [-0.39, 0.29) is 9.88 Å². The largest absolute Gasteiger partial charge is 0.478 e. The highest BCUT2D eigenvalue weighted by molar-refractivity contribution is 8.26. The molecule has 0 aliphatic carbocycles. The number of aryl methyl sites for hydroxylation is 1. The highest BCUT2D eigenvalue weighted by Crippen LogP contribution is 2.31. The number of nitrogens with one attached hydrogen (secondary N) is 1. The third-order valence-corrected chi connectivity index (χ3v) is 5.15. The molecule has 0 spiro atoms. The van der Waals surface area contributed by atoms with E-state index >= 15 is 0 Å². The van der Waals surface area contributed by atoms with Crippen molar-refractivity contribution >= 4 is 52.2 Å². The number of carbonyl (C=O) groups is 3. The molecule has 27 heavy (non-hydrogen) atoms. The molecule has 1 aliphatic rings. The molecule has 1 saturated heterocycles. The Labute approximate surface area is 164 Å². The van der Waals surface area contributed by atoms with Crippen LogP contribution in [0.5, 0.6) is 0 Å². The molecule has 2 aromatic rings. The molecule has 2 amide bonds. The van der Waals surface area contributed by atoms with Gasteiger partial charge in [-0.1, -0.05) is 42.1 Å². The summed E-state index contributed by atoms with van der Waals surface area (Å²) in [6.07, 6.45) is 1.60. The van der Waals surface area contributed by atoms with Crippen molar-refractivity contribution in [2.75, 3.05) is 0 Å². The van der Waals surface area contributed by atoms with Crippen LogP contribution in [0.25, 0.3) is 6.08 Å². The van der Waals surface area contributed by atoms with Crippen molar-refractivity contribution in [3.05, 3.63) is 75.7 Å². The summed E-state index contributed by atoms with van der Waals surface area (Å²) in [7, 11) is 0. The minimum Gasteiger partial charge on any atom is -0.478 e. The van der Waals surface area contributed by atoms with Crippen LogP contribution < -0.4 is 5.43 Å². The lowest BCUT2D eigenvalue weighted by molar-refractivity contribution is -0.123. The Morgan fingerprint density at radius 1 is 1.15 bits per heavy atom. The van der Waals surface area contributed by atoms with Crippen molar-refractivity contribution in [1.29, 1.82) is 0 Å². The molecule has 0 radical (unpaired) electrons. The van der Waals surface area contributed by atoms with Gasteiger partial charge in [-0.05, 0) is 54.5 Å². The Bertz CT molecular complexity index is 983. The fourth-order valence-electron chi connectivity index (χ4n) is 2.43. The van der Waals surface area contributed by atoms with Crippen LogP contribution in [0.15, 0.2) is 53.4 Å². The van der Waals surface area contributed by atoms with E-state index in [1.807, 2.05) is 6.07 Å². The van der Waals surface area contributed by atoms with Gasteiger partial charge in [0, 0.05) is 5.56 Å². The number of carboxylic acid groups (broad SMARTS) is 1. The van der Waals surface area contributed by atoms with E-state index in [9.17, 15) is 14.4 Å². The number of carbonyl (C=O) groups excluding carboxylic acids is 2. The number of nitrogens with zero attached hydrogens (tertiary/aromatic N) is 1. The van der Waals surface area contributed by atoms with Gasteiger partial charge in [0.15, 0.2) is 4.32 Å². The lowest BCUT2D eigenvalue weighted by Gasteiger charge is -2.16. The van der Waals surface area contributed by atoms with E-state index in [0.717, 1.165) is 22.3 Å². The van der Waals surface area contributed by atoms with Gasteiger partial charge in [-0.2, -0.15) is 5.01 Å². The van der Waals surface area contributed by atoms with E-state index in [1.165, 1.54) is 12.1 Å². The molecule has 3 rings (SSSR count).